The Morgan fingerprint density at radius 1 is 0.423 bits per heavy atom. The minimum Gasteiger partial charge on any atom is -0.309 e. The second-order valence-corrected chi connectivity index (χ2v) is 12.9. The van der Waals surface area contributed by atoms with Crippen molar-refractivity contribution >= 4 is 21.8 Å². The number of nitrogens with zero attached hydrogens (tertiary/aromatic N) is 4. The average molecular weight is 667 g/mol. The molecule has 9 rings (SSSR count). The Bertz CT molecular complexity index is 2670. The first-order chi connectivity index (χ1) is 25.7. The van der Waals surface area contributed by atoms with Gasteiger partial charge in [-0.1, -0.05) is 152 Å². The SMILES string of the molecule is C=CCc1cccc(-n2c3ccccc3c3cc(-c4ccccc4-c4ccccc4-c4nc(-c5ccccc5)nc(-c5ccccc5)n4)ccc32)c1. The van der Waals surface area contributed by atoms with Gasteiger partial charge in [0.15, 0.2) is 17.5 Å². The normalized spacial score (nSPS) is 11.2. The Kier molecular flexibility index (Phi) is 8.03. The first kappa shape index (κ1) is 31.1. The molecule has 0 N–H and O–H groups in total. The lowest BCUT2D eigenvalue weighted by atomic mass is 9.91. The van der Waals surface area contributed by atoms with Crippen LogP contribution in [0.5, 0.6) is 0 Å². The molecule has 0 aliphatic carbocycles. The van der Waals surface area contributed by atoms with Gasteiger partial charge in [-0.3, -0.25) is 0 Å². The van der Waals surface area contributed by atoms with Gasteiger partial charge in [-0.25, -0.2) is 15.0 Å². The van der Waals surface area contributed by atoms with E-state index in [0.29, 0.717) is 17.5 Å². The van der Waals surface area contributed by atoms with E-state index >= 15 is 0 Å². The second kappa shape index (κ2) is 13.4. The number of allylic oxidation sites excluding steroid dienone is 1. The van der Waals surface area contributed by atoms with Crippen molar-refractivity contribution in [3.8, 4) is 62.1 Å². The van der Waals surface area contributed by atoms with Crippen LogP contribution in [0, 0.1) is 0 Å². The summed E-state index contributed by atoms with van der Waals surface area (Å²) in [4.78, 5) is 15.1. The summed E-state index contributed by atoms with van der Waals surface area (Å²) in [6.07, 6.45) is 2.79. The second-order valence-electron chi connectivity index (χ2n) is 12.9. The number of hydrogen-bond donors (Lipinski definition) is 0. The lowest BCUT2D eigenvalue weighted by molar-refractivity contribution is 1.07. The highest BCUT2D eigenvalue weighted by molar-refractivity contribution is 6.11. The van der Waals surface area contributed by atoms with Crippen LogP contribution in [-0.2, 0) is 6.42 Å². The van der Waals surface area contributed by atoms with E-state index in [1.54, 1.807) is 0 Å². The molecule has 0 atom stereocenters. The predicted octanol–water partition coefficient (Wildman–Crippen LogP) is 12.0. The van der Waals surface area contributed by atoms with Crippen LogP contribution in [0.3, 0.4) is 0 Å². The van der Waals surface area contributed by atoms with Gasteiger partial charge < -0.3 is 4.57 Å². The van der Waals surface area contributed by atoms with E-state index in [0.717, 1.165) is 51.1 Å². The fraction of sp³-hybridized carbons (Fsp3) is 0.0208. The number of benzene rings is 7. The predicted molar refractivity (Wildman–Crippen MR) is 215 cm³/mol. The number of para-hydroxylation sites is 1. The molecule has 52 heavy (non-hydrogen) atoms. The molecule has 7 aromatic carbocycles. The van der Waals surface area contributed by atoms with Gasteiger partial charge in [0, 0.05) is 33.2 Å². The lowest BCUT2D eigenvalue weighted by Gasteiger charge is -2.15. The van der Waals surface area contributed by atoms with Crippen molar-refractivity contribution in [2.75, 3.05) is 0 Å². The molecule has 4 nitrogen and oxygen atoms in total. The molecular formula is C48H34N4. The zero-order valence-corrected chi connectivity index (χ0v) is 28.5. The van der Waals surface area contributed by atoms with Crippen molar-refractivity contribution in [3.63, 3.8) is 0 Å². The summed E-state index contributed by atoms with van der Waals surface area (Å²) in [5, 5.41) is 2.43. The minimum absolute atomic E-state index is 0.635. The first-order valence-electron chi connectivity index (χ1n) is 17.5. The Labute approximate surface area is 303 Å². The third-order valence-electron chi connectivity index (χ3n) is 9.62. The zero-order chi connectivity index (χ0) is 34.9. The maximum Gasteiger partial charge on any atom is 0.164 e. The Morgan fingerprint density at radius 3 is 1.67 bits per heavy atom. The van der Waals surface area contributed by atoms with E-state index in [4.69, 9.17) is 15.0 Å². The van der Waals surface area contributed by atoms with Crippen LogP contribution in [0.25, 0.3) is 83.9 Å². The van der Waals surface area contributed by atoms with Crippen LogP contribution < -0.4 is 0 Å². The lowest BCUT2D eigenvalue weighted by Crippen LogP contribution is -2.01. The molecule has 0 saturated heterocycles. The maximum absolute atomic E-state index is 5.08. The minimum atomic E-state index is 0.635. The van der Waals surface area contributed by atoms with Crippen LogP contribution in [0.4, 0.5) is 0 Å². The molecule has 0 aliphatic heterocycles. The van der Waals surface area contributed by atoms with Crippen molar-refractivity contribution in [3.05, 3.63) is 194 Å². The van der Waals surface area contributed by atoms with Crippen molar-refractivity contribution < 1.29 is 0 Å². The van der Waals surface area contributed by atoms with Gasteiger partial charge in [-0.15, -0.1) is 6.58 Å². The van der Waals surface area contributed by atoms with Crippen LogP contribution >= 0.6 is 0 Å². The van der Waals surface area contributed by atoms with Gasteiger partial charge in [0.1, 0.15) is 0 Å². The van der Waals surface area contributed by atoms with Crippen molar-refractivity contribution in [2.24, 2.45) is 0 Å². The first-order valence-corrected chi connectivity index (χ1v) is 17.5. The third kappa shape index (κ3) is 5.66. The molecule has 0 fully saturated rings. The summed E-state index contributed by atoms with van der Waals surface area (Å²) in [6.45, 7) is 3.95. The van der Waals surface area contributed by atoms with Gasteiger partial charge in [0.2, 0.25) is 0 Å². The largest absolute Gasteiger partial charge is 0.309 e. The summed E-state index contributed by atoms with van der Waals surface area (Å²) < 4.78 is 2.37. The van der Waals surface area contributed by atoms with E-state index in [1.165, 1.54) is 27.4 Å². The fourth-order valence-corrected chi connectivity index (χ4v) is 7.22. The van der Waals surface area contributed by atoms with E-state index in [2.05, 4.69) is 126 Å². The maximum atomic E-state index is 5.08. The molecule has 9 aromatic rings. The number of fused-ring (bicyclic) bond motifs is 3. The summed E-state index contributed by atoms with van der Waals surface area (Å²) in [7, 11) is 0. The highest BCUT2D eigenvalue weighted by atomic mass is 15.0. The molecule has 246 valence electrons. The van der Waals surface area contributed by atoms with E-state index < -0.39 is 0 Å². The molecule has 0 amide bonds. The summed E-state index contributed by atoms with van der Waals surface area (Å²) >= 11 is 0. The standard InChI is InChI=1S/C48H34N4/c1-2-16-33-17-15-22-37(31-33)52-44-28-14-13-26-41(44)43-32-36(29-30-45(43)52)38-23-9-10-24-39(38)40-25-11-12-27-42(40)48-50-46(34-18-5-3-6-19-34)49-47(51-48)35-20-7-4-8-21-35/h2-15,17-32H,1,16H2. The van der Waals surface area contributed by atoms with Gasteiger partial charge in [-0.2, -0.15) is 0 Å². The van der Waals surface area contributed by atoms with Crippen LogP contribution in [0.1, 0.15) is 5.56 Å². The monoisotopic (exact) mass is 666 g/mol. The number of aromatic nitrogens is 4. The van der Waals surface area contributed by atoms with Crippen LogP contribution in [-0.4, -0.2) is 19.5 Å². The molecule has 0 radical (unpaired) electrons. The average Bonchev–Trinajstić information content (AvgIpc) is 3.55. The van der Waals surface area contributed by atoms with Crippen molar-refractivity contribution in [2.45, 2.75) is 6.42 Å². The molecular weight excluding hydrogens is 633 g/mol. The summed E-state index contributed by atoms with van der Waals surface area (Å²) in [5.74, 6) is 1.92. The Hall–Kier alpha value is -6.91. The van der Waals surface area contributed by atoms with Crippen LogP contribution in [0.15, 0.2) is 189 Å². The Balaban J connectivity index is 1.21. The van der Waals surface area contributed by atoms with E-state index in [-0.39, 0.29) is 0 Å². The Morgan fingerprint density at radius 2 is 0.981 bits per heavy atom. The molecule has 0 spiro atoms. The van der Waals surface area contributed by atoms with E-state index in [9.17, 15) is 0 Å². The third-order valence-corrected chi connectivity index (χ3v) is 9.62. The quantitative estimate of drug-likeness (QED) is 0.152. The number of rotatable bonds is 8. The molecule has 2 aromatic heterocycles. The fourth-order valence-electron chi connectivity index (χ4n) is 7.22. The van der Waals surface area contributed by atoms with Crippen LogP contribution in [0.2, 0.25) is 0 Å². The highest BCUT2D eigenvalue weighted by Gasteiger charge is 2.19. The van der Waals surface area contributed by atoms with Crippen molar-refractivity contribution in [1.82, 2.24) is 19.5 Å². The topological polar surface area (TPSA) is 43.6 Å². The van der Waals surface area contributed by atoms with E-state index in [1.807, 2.05) is 66.7 Å². The number of hydrogen-bond acceptors (Lipinski definition) is 3. The summed E-state index contributed by atoms with van der Waals surface area (Å²) in [6, 6.07) is 61.6. The van der Waals surface area contributed by atoms with Gasteiger partial charge >= 0.3 is 0 Å². The molecule has 0 aliphatic rings. The summed E-state index contributed by atoms with van der Waals surface area (Å²) in [5.41, 5.74) is 12.0. The molecule has 0 bridgehead atoms. The van der Waals surface area contributed by atoms with Gasteiger partial charge in [-0.05, 0) is 64.6 Å². The molecule has 2 heterocycles. The van der Waals surface area contributed by atoms with Gasteiger partial charge in [0.25, 0.3) is 0 Å². The smallest absolute Gasteiger partial charge is 0.164 e. The molecule has 4 heteroatoms. The molecule has 0 unspecified atom stereocenters. The highest BCUT2D eigenvalue weighted by Crippen LogP contribution is 2.40. The molecule has 0 saturated carbocycles. The van der Waals surface area contributed by atoms with Crippen molar-refractivity contribution in [1.29, 1.82) is 0 Å². The van der Waals surface area contributed by atoms with Gasteiger partial charge in [0.05, 0.1) is 11.0 Å². The zero-order valence-electron chi connectivity index (χ0n) is 28.5.